The molecule has 1 aromatic carbocycles. The predicted molar refractivity (Wildman–Crippen MR) is 67.2 cm³/mol. The highest BCUT2D eigenvalue weighted by atomic mass is 127. The fourth-order valence-corrected chi connectivity index (χ4v) is 4.25. The van der Waals surface area contributed by atoms with Gasteiger partial charge >= 0.3 is 0 Å². The molecule has 0 heterocycles. The van der Waals surface area contributed by atoms with Gasteiger partial charge in [-0.05, 0) is 24.3 Å². The molecule has 0 saturated carbocycles. The van der Waals surface area contributed by atoms with Crippen LogP contribution in [0.25, 0.3) is 0 Å². The van der Waals surface area contributed by atoms with Gasteiger partial charge in [0.2, 0.25) is 0 Å². The van der Waals surface area contributed by atoms with E-state index in [2.05, 4.69) is 0 Å². The smallest absolute Gasteiger partial charge is 0.282 e. The molecule has 0 atom stereocenters. The van der Waals surface area contributed by atoms with E-state index in [4.69, 9.17) is 4.55 Å². The van der Waals surface area contributed by atoms with Crippen molar-refractivity contribution in [2.24, 2.45) is 0 Å². The Hall–Kier alpha value is -0.190. The van der Waals surface area contributed by atoms with E-state index >= 15 is 0 Å². The van der Waals surface area contributed by atoms with E-state index in [1.54, 1.807) is 0 Å². The van der Waals surface area contributed by atoms with Crippen molar-refractivity contribution in [1.29, 1.82) is 0 Å². The average molecular weight is 376 g/mol. The maximum absolute atomic E-state index is 11.6. The first kappa shape index (κ1) is 13.9. The number of alkyl halides is 1. The summed E-state index contributed by atoms with van der Waals surface area (Å²) >= 11 is 1.94. The first-order valence-electron chi connectivity index (χ1n) is 4.13. The minimum Gasteiger partial charge on any atom is -0.282 e. The molecule has 0 fully saturated rings. The second kappa shape index (κ2) is 4.98. The summed E-state index contributed by atoms with van der Waals surface area (Å²) in [5, 5.41) is 0. The van der Waals surface area contributed by atoms with Crippen molar-refractivity contribution in [2.75, 3.05) is 10.2 Å². The van der Waals surface area contributed by atoms with E-state index < -0.39 is 20.0 Å². The molecule has 0 aliphatic rings. The van der Waals surface area contributed by atoms with Crippen LogP contribution in [0.15, 0.2) is 34.1 Å². The summed E-state index contributed by atoms with van der Waals surface area (Å²) in [6.07, 6.45) is 0. The van der Waals surface area contributed by atoms with Crippen LogP contribution in [0.4, 0.5) is 0 Å². The Bertz CT molecular complexity index is 559. The molecule has 90 valence electrons. The monoisotopic (exact) mass is 376 g/mol. The fraction of sp³-hybridized carbons (Fsp3) is 0.250. The first-order chi connectivity index (χ1) is 7.27. The lowest BCUT2D eigenvalue weighted by molar-refractivity contribution is 0.483. The van der Waals surface area contributed by atoms with E-state index in [1.165, 1.54) is 12.1 Å². The maximum Gasteiger partial charge on any atom is 0.294 e. The van der Waals surface area contributed by atoms with Gasteiger partial charge in [0.25, 0.3) is 10.1 Å². The fourth-order valence-electron chi connectivity index (χ4n) is 1.04. The summed E-state index contributed by atoms with van der Waals surface area (Å²) in [6, 6.07) is 4.47. The van der Waals surface area contributed by atoms with Crippen molar-refractivity contribution < 1.29 is 21.4 Å². The normalized spacial score (nSPS) is 12.6. The van der Waals surface area contributed by atoms with Crippen molar-refractivity contribution in [3.8, 4) is 0 Å². The van der Waals surface area contributed by atoms with E-state index in [1.807, 2.05) is 22.6 Å². The van der Waals surface area contributed by atoms with Gasteiger partial charge in [-0.15, -0.1) is 0 Å². The molecule has 0 radical (unpaired) electrons. The summed E-state index contributed by atoms with van der Waals surface area (Å²) in [4.78, 5) is -0.266. The molecule has 5 nitrogen and oxygen atoms in total. The van der Waals surface area contributed by atoms with Gasteiger partial charge < -0.3 is 0 Å². The van der Waals surface area contributed by atoms with E-state index in [9.17, 15) is 16.8 Å². The molecule has 8 heteroatoms. The van der Waals surface area contributed by atoms with Gasteiger partial charge in [0, 0.05) is 4.43 Å². The summed E-state index contributed by atoms with van der Waals surface area (Å²) in [6.45, 7) is 0. The third-order valence-corrected chi connectivity index (χ3v) is 5.70. The molecule has 0 spiro atoms. The first-order valence-corrected chi connectivity index (χ1v) is 8.75. The van der Waals surface area contributed by atoms with Gasteiger partial charge in [-0.1, -0.05) is 22.6 Å². The van der Waals surface area contributed by atoms with Crippen molar-refractivity contribution in [3.05, 3.63) is 24.3 Å². The number of hydrogen-bond donors (Lipinski definition) is 1. The van der Waals surface area contributed by atoms with Gasteiger partial charge in [-0.25, -0.2) is 8.42 Å². The Kier molecular flexibility index (Phi) is 4.32. The van der Waals surface area contributed by atoms with Crippen molar-refractivity contribution in [3.63, 3.8) is 0 Å². The number of sulfone groups is 1. The summed E-state index contributed by atoms with van der Waals surface area (Å²) in [5.41, 5.74) is 0. The molecular weight excluding hydrogens is 367 g/mol. The van der Waals surface area contributed by atoms with Crippen molar-refractivity contribution in [1.82, 2.24) is 0 Å². The standard InChI is InChI=1S/C8H9IO5S2/c9-5-6-15(10,11)7-1-3-8(4-2-7)16(12,13)14/h1-4H,5-6H2,(H,12,13,14). The third kappa shape index (κ3) is 3.40. The minimum absolute atomic E-state index is 0.00121. The molecular formula is C8H9IO5S2. The summed E-state index contributed by atoms with van der Waals surface area (Å²) in [5.74, 6) is -0.00121. The Balaban J connectivity index is 3.15. The average Bonchev–Trinajstić information content (AvgIpc) is 2.16. The highest BCUT2D eigenvalue weighted by Gasteiger charge is 2.15. The number of rotatable bonds is 4. The second-order valence-corrected chi connectivity index (χ2v) is 7.56. The third-order valence-electron chi connectivity index (χ3n) is 1.83. The zero-order chi connectivity index (χ0) is 12.4. The van der Waals surface area contributed by atoms with Crippen LogP contribution >= 0.6 is 22.6 Å². The van der Waals surface area contributed by atoms with Crippen LogP contribution in [0.3, 0.4) is 0 Å². The van der Waals surface area contributed by atoms with Crippen LogP contribution in [0, 0.1) is 0 Å². The lowest BCUT2D eigenvalue weighted by atomic mass is 10.4. The van der Waals surface area contributed by atoms with Crippen LogP contribution in [0.2, 0.25) is 0 Å². The Morgan fingerprint density at radius 3 is 1.81 bits per heavy atom. The molecule has 16 heavy (non-hydrogen) atoms. The van der Waals surface area contributed by atoms with Gasteiger partial charge in [0.1, 0.15) is 0 Å². The maximum atomic E-state index is 11.6. The van der Waals surface area contributed by atoms with Gasteiger partial charge in [-0.3, -0.25) is 4.55 Å². The quantitative estimate of drug-likeness (QED) is 0.484. The molecule has 0 aromatic heterocycles. The lowest BCUT2D eigenvalue weighted by Crippen LogP contribution is -2.08. The minimum atomic E-state index is -4.27. The number of halogens is 1. The molecule has 0 saturated heterocycles. The van der Waals surface area contributed by atoms with Crippen LogP contribution in [0.5, 0.6) is 0 Å². The van der Waals surface area contributed by atoms with Crippen LogP contribution in [0.1, 0.15) is 0 Å². The predicted octanol–water partition coefficient (Wildman–Crippen LogP) is 1.14. The molecule has 1 aromatic rings. The summed E-state index contributed by atoms with van der Waals surface area (Å²) < 4.78 is 53.8. The van der Waals surface area contributed by atoms with Gasteiger partial charge in [0.15, 0.2) is 9.84 Å². The van der Waals surface area contributed by atoms with Crippen molar-refractivity contribution in [2.45, 2.75) is 9.79 Å². The second-order valence-electron chi connectivity index (χ2n) is 2.95. The molecule has 0 aliphatic heterocycles. The Morgan fingerprint density at radius 1 is 1.00 bits per heavy atom. The molecule has 1 N–H and O–H groups in total. The van der Waals surface area contributed by atoms with Crippen molar-refractivity contribution >= 4 is 42.5 Å². The van der Waals surface area contributed by atoms with Crippen LogP contribution in [-0.2, 0) is 20.0 Å². The van der Waals surface area contributed by atoms with Crippen LogP contribution < -0.4 is 0 Å². The molecule has 0 bridgehead atoms. The molecule has 1 rings (SSSR count). The topological polar surface area (TPSA) is 88.5 Å². The van der Waals surface area contributed by atoms with Gasteiger partial charge in [0.05, 0.1) is 15.5 Å². The molecule has 0 aliphatic carbocycles. The SMILES string of the molecule is O=S(=O)(O)c1ccc(S(=O)(=O)CCI)cc1. The van der Waals surface area contributed by atoms with Crippen LogP contribution in [-0.4, -0.2) is 31.6 Å². The number of benzene rings is 1. The number of hydrogen-bond acceptors (Lipinski definition) is 4. The highest BCUT2D eigenvalue weighted by molar-refractivity contribution is 14.1. The van der Waals surface area contributed by atoms with E-state index in [0.29, 0.717) is 4.43 Å². The van der Waals surface area contributed by atoms with Gasteiger partial charge in [-0.2, -0.15) is 8.42 Å². The largest absolute Gasteiger partial charge is 0.294 e. The zero-order valence-corrected chi connectivity index (χ0v) is 11.8. The zero-order valence-electron chi connectivity index (χ0n) is 8.00. The Labute approximate surface area is 108 Å². The van der Waals surface area contributed by atoms with E-state index in [0.717, 1.165) is 12.1 Å². The Morgan fingerprint density at radius 2 is 1.44 bits per heavy atom. The molecule has 0 amide bonds. The molecule has 0 unspecified atom stereocenters. The highest BCUT2D eigenvalue weighted by Crippen LogP contribution is 2.15. The summed E-state index contributed by atoms with van der Waals surface area (Å²) in [7, 11) is -7.63. The van der Waals surface area contributed by atoms with E-state index in [-0.39, 0.29) is 15.5 Å². The lowest BCUT2D eigenvalue weighted by Gasteiger charge is -2.02.